The quantitative estimate of drug-likeness (QED) is 0.0328. The average molecular weight is 2140 g/mol. The Kier molecular flexibility index (Phi) is 103. The normalized spacial score (nSPS) is 11.7. The number of aryl methyl sites for hydroxylation is 1. The zero-order chi connectivity index (χ0) is 104. The van der Waals surface area contributed by atoms with Crippen LogP contribution in [0.5, 0.6) is 0 Å². The van der Waals surface area contributed by atoms with Crippen LogP contribution < -0.4 is 10.6 Å². The third kappa shape index (κ3) is 86.1. The minimum Gasteiger partial charge on any atom is -0.324 e. The SMILES string of the molecule is CCCCCCCCCCCCCCCCCCCSc1cc(Nc2nc(Nc3cc(SCCCCCCCCCCCCCCCCCCC)c(SCCCCCCCCCCCCCCCCCCC)c(SCCCCCCCCCCCCCCCCCCC)c3)nc(-c3ccc(C)cc3)n2)cc(SCCCCCCCCCCCCCCCCCCC)c1SCCCCCCCCCCCCCCCCCCC. The second kappa shape index (κ2) is 110. The molecular weight excluding hydrogens is 1900 g/mol. The lowest BCUT2D eigenvalue weighted by Gasteiger charge is -2.19. The highest BCUT2D eigenvalue weighted by molar-refractivity contribution is 8.04. The van der Waals surface area contributed by atoms with Crippen LogP contribution in [0.4, 0.5) is 23.3 Å². The zero-order valence-electron chi connectivity index (χ0n) is 99.3. The van der Waals surface area contributed by atoms with Crippen LogP contribution in [0.25, 0.3) is 11.4 Å². The topological polar surface area (TPSA) is 62.7 Å². The van der Waals surface area contributed by atoms with Gasteiger partial charge in [0.1, 0.15) is 0 Å². The highest BCUT2D eigenvalue weighted by atomic mass is 32.2. The summed E-state index contributed by atoms with van der Waals surface area (Å²) < 4.78 is 0. The van der Waals surface area contributed by atoms with Crippen molar-refractivity contribution in [2.45, 2.75) is 733 Å². The van der Waals surface area contributed by atoms with Gasteiger partial charge in [0.2, 0.25) is 11.9 Å². The molecule has 0 aliphatic heterocycles. The van der Waals surface area contributed by atoms with Gasteiger partial charge in [-0.15, -0.1) is 70.6 Å². The summed E-state index contributed by atoms with van der Waals surface area (Å²) in [6.45, 7) is 16.2. The Hall–Kier alpha value is -1.63. The number of nitrogens with one attached hydrogen (secondary N) is 2. The number of benzene rings is 3. The molecular formula is C136H247N5S6. The Balaban J connectivity index is 1.67. The van der Waals surface area contributed by atoms with E-state index < -0.39 is 0 Å². The smallest absolute Gasteiger partial charge is 0.232 e. The molecule has 0 fully saturated rings. The van der Waals surface area contributed by atoms with Crippen LogP contribution in [0.15, 0.2) is 77.9 Å². The van der Waals surface area contributed by atoms with Crippen LogP contribution in [0.3, 0.4) is 0 Å². The van der Waals surface area contributed by atoms with Crippen LogP contribution in [-0.4, -0.2) is 49.5 Å². The monoisotopic (exact) mass is 2140 g/mol. The van der Waals surface area contributed by atoms with Gasteiger partial charge in [-0.25, -0.2) is 0 Å². The third-order valence-corrected chi connectivity index (χ3v) is 39.0. The molecule has 0 atom stereocenters. The van der Waals surface area contributed by atoms with Crippen LogP contribution in [0.1, 0.15) is 702 Å². The van der Waals surface area contributed by atoms with E-state index in [1.807, 2.05) is 0 Å². The Labute approximate surface area is 944 Å². The van der Waals surface area contributed by atoms with Crippen molar-refractivity contribution in [2.24, 2.45) is 0 Å². The van der Waals surface area contributed by atoms with Crippen molar-refractivity contribution >= 4 is 93.8 Å². The van der Waals surface area contributed by atoms with Gasteiger partial charge in [0.15, 0.2) is 5.82 Å². The standard InChI is InChI=1S/C136H247N5S6/c1-8-14-20-26-32-38-44-50-56-62-68-74-80-86-92-98-104-114-142-128-120-126(121-129(143-115-105-99-93-87-81-75-69-63-57-51-45-39-33-27-21-15-9-2)132(128)146-118-108-102-96-90-84-78-72-66-60-54-48-42-36-30-24-18-12-5)137-135-139-134(125-112-110-124(7)111-113-125)140-136(141-135)138-127-122-130(144-116-106-100-94-88-82-76-70-64-58-52-46-40-34-28-22-16-10-3)133(147-119-109-103-97-91-85-79-73-67-61-55-49-43-37-31-25-19-13-6)131(123-127)145-117-107-101-95-89-83-77-71-65-59-53-47-41-35-29-23-17-11-4/h110-113,120-123H,8-109,114-119H2,1-7H3,(H2,137,138,139,140,141). The molecule has 2 N–H and O–H groups in total. The van der Waals surface area contributed by atoms with Crippen LogP contribution in [-0.2, 0) is 0 Å². The molecule has 5 nitrogen and oxygen atoms in total. The molecule has 11 heteroatoms. The number of anilines is 4. The minimum absolute atomic E-state index is 0.614. The number of hydrogen-bond donors (Lipinski definition) is 2. The van der Waals surface area contributed by atoms with Gasteiger partial charge in [-0.1, -0.05) is 688 Å². The molecule has 147 heavy (non-hydrogen) atoms. The van der Waals surface area contributed by atoms with E-state index in [2.05, 4.69) is 178 Å². The first-order valence-electron chi connectivity index (χ1n) is 66.4. The van der Waals surface area contributed by atoms with Gasteiger partial charge in [0.25, 0.3) is 0 Å². The van der Waals surface area contributed by atoms with Gasteiger partial charge >= 0.3 is 0 Å². The number of unbranched alkanes of at least 4 members (excludes halogenated alkanes) is 96. The van der Waals surface area contributed by atoms with Gasteiger partial charge in [-0.2, -0.15) is 15.0 Å². The molecule has 852 valence electrons. The zero-order valence-corrected chi connectivity index (χ0v) is 104. The fourth-order valence-electron chi connectivity index (χ4n) is 21.6. The second-order valence-corrected chi connectivity index (χ2v) is 52.8. The van der Waals surface area contributed by atoms with Crippen LogP contribution in [0, 0.1) is 6.92 Å². The Morgan fingerprint density at radius 3 is 0.449 bits per heavy atom. The summed E-state index contributed by atoms with van der Waals surface area (Å²) in [5.74, 6) is 8.95. The van der Waals surface area contributed by atoms with Crippen molar-refractivity contribution in [1.29, 1.82) is 0 Å². The maximum absolute atomic E-state index is 5.52. The van der Waals surface area contributed by atoms with Crippen LogP contribution >= 0.6 is 70.6 Å². The summed E-state index contributed by atoms with van der Waals surface area (Å²) in [6, 6.07) is 19.0. The summed E-state index contributed by atoms with van der Waals surface area (Å²) in [6.07, 6.45) is 144. The maximum atomic E-state index is 5.52. The van der Waals surface area contributed by atoms with E-state index >= 15 is 0 Å². The molecule has 0 aliphatic rings. The summed E-state index contributed by atoms with van der Waals surface area (Å²) in [5.41, 5.74) is 4.47. The van der Waals surface area contributed by atoms with Crippen molar-refractivity contribution in [3.05, 3.63) is 54.1 Å². The molecule has 0 spiro atoms. The highest BCUT2D eigenvalue weighted by Gasteiger charge is 2.21. The summed E-state index contributed by atoms with van der Waals surface area (Å²) >= 11 is 12.9. The molecule has 0 bridgehead atoms. The highest BCUT2D eigenvalue weighted by Crippen LogP contribution is 2.46. The van der Waals surface area contributed by atoms with E-state index in [4.69, 9.17) is 15.0 Å². The molecule has 0 radical (unpaired) electrons. The molecule has 0 saturated carbocycles. The van der Waals surface area contributed by atoms with Crippen molar-refractivity contribution < 1.29 is 0 Å². The predicted octanol–water partition coefficient (Wildman–Crippen LogP) is 51.8. The fourth-order valence-corrected chi connectivity index (χ4v) is 29.2. The average Bonchev–Trinajstić information content (AvgIpc) is 0.799. The first-order chi connectivity index (χ1) is 72.9. The lowest BCUT2D eigenvalue weighted by molar-refractivity contribution is 0.529. The van der Waals surface area contributed by atoms with Gasteiger partial charge < -0.3 is 10.6 Å². The molecule has 3 aromatic carbocycles. The molecule has 0 unspecified atom stereocenters. The van der Waals surface area contributed by atoms with Gasteiger partial charge in [0, 0.05) is 46.3 Å². The number of nitrogens with zero attached hydrogens (tertiary/aromatic N) is 3. The summed E-state index contributed by atoms with van der Waals surface area (Å²) in [7, 11) is 0. The van der Waals surface area contributed by atoms with E-state index in [-0.39, 0.29) is 0 Å². The maximum Gasteiger partial charge on any atom is 0.232 e. The lowest BCUT2D eigenvalue weighted by atomic mass is 10.0. The third-order valence-electron chi connectivity index (χ3n) is 31.5. The largest absolute Gasteiger partial charge is 0.324 e. The molecule has 1 aromatic heterocycles. The van der Waals surface area contributed by atoms with E-state index in [9.17, 15) is 0 Å². The van der Waals surface area contributed by atoms with Gasteiger partial charge in [-0.3, -0.25) is 0 Å². The Morgan fingerprint density at radius 2 is 0.299 bits per heavy atom. The van der Waals surface area contributed by atoms with Gasteiger partial charge in [0.05, 0.1) is 0 Å². The van der Waals surface area contributed by atoms with E-state index in [1.54, 1.807) is 0 Å². The van der Waals surface area contributed by atoms with Crippen molar-refractivity contribution in [1.82, 2.24) is 15.0 Å². The first-order valence-corrected chi connectivity index (χ1v) is 72.3. The van der Waals surface area contributed by atoms with Crippen molar-refractivity contribution in [2.75, 3.05) is 45.2 Å². The van der Waals surface area contributed by atoms with E-state index in [0.717, 1.165) is 39.9 Å². The Bertz CT molecular complexity index is 3050. The molecule has 0 amide bonds. The van der Waals surface area contributed by atoms with E-state index in [0.29, 0.717) is 17.7 Å². The molecule has 0 aliphatic carbocycles. The van der Waals surface area contributed by atoms with Crippen LogP contribution in [0.2, 0.25) is 0 Å². The number of rotatable bonds is 119. The summed E-state index contributed by atoms with van der Waals surface area (Å²) in [5, 5.41) is 8.01. The predicted molar refractivity (Wildman–Crippen MR) is 679 cm³/mol. The molecule has 4 aromatic rings. The number of hydrogen-bond acceptors (Lipinski definition) is 11. The van der Waals surface area contributed by atoms with E-state index in [1.165, 1.54) is 701 Å². The number of thioether (sulfide) groups is 6. The second-order valence-electron chi connectivity index (χ2n) is 46.1. The lowest BCUT2D eigenvalue weighted by Crippen LogP contribution is -2.06. The molecule has 1 heterocycles. The van der Waals surface area contributed by atoms with Crippen molar-refractivity contribution in [3.8, 4) is 11.4 Å². The number of aromatic nitrogens is 3. The summed E-state index contributed by atoms with van der Waals surface area (Å²) in [4.78, 5) is 25.3. The Morgan fingerprint density at radius 1 is 0.163 bits per heavy atom. The van der Waals surface area contributed by atoms with Gasteiger partial charge in [-0.05, 0) is 104 Å². The molecule has 4 rings (SSSR count). The fraction of sp³-hybridized carbons (Fsp3) is 0.846. The molecule has 0 saturated heterocycles. The van der Waals surface area contributed by atoms with Crippen molar-refractivity contribution in [3.63, 3.8) is 0 Å². The minimum atomic E-state index is 0.614. The first kappa shape index (κ1) is 138.